The number of hydrogen-bond acceptors (Lipinski definition) is 4. The monoisotopic (exact) mass is 270 g/mol. The third-order valence-electron chi connectivity index (χ3n) is 2.30. The van der Waals surface area contributed by atoms with Gasteiger partial charge in [-0.1, -0.05) is 0 Å². The lowest BCUT2D eigenvalue weighted by Crippen LogP contribution is -2.23. The number of anilines is 1. The van der Waals surface area contributed by atoms with Gasteiger partial charge in [-0.2, -0.15) is 0 Å². The highest BCUT2D eigenvalue weighted by Gasteiger charge is 2.15. The highest BCUT2D eigenvalue weighted by molar-refractivity contribution is 7.89. The molecule has 5 nitrogen and oxygen atoms in total. The summed E-state index contributed by atoms with van der Waals surface area (Å²) >= 11 is 0. The predicted molar refractivity (Wildman–Crippen MR) is 63.5 cm³/mol. The quantitative estimate of drug-likeness (QED) is 0.824. The van der Waals surface area contributed by atoms with Crippen molar-refractivity contribution in [1.82, 2.24) is 4.72 Å². The van der Waals surface area contributed by atoms with E-state index in [-0.39, 0.29) is 17.1 Å². The van der Waals surface area contributed by atoms with Crippen LogP contribution >= 0.6 is 0 Å². The average Bonchev–Trinajstić information content (AvgIpc) is 2.83. The van der Waals surface area contributed by atoms with Crippen LogP contribution in [0.1, 0.15) is 5.76 Å². The van der Waals surface area contributed by atoms with E-state index < -0.39 is 15.8 Å². The Kier molecular flexibility index (Phi) is 3.35. The molecule has 2 rings (SSSR count). The molecule has 0 fully saturated rings. The van der Waals surface area contributed by atoms with Gasteiger partial charge in [0.05, 0.1) is 23.4 Å². The van der Waals surface area contributed by atoms with Crippen LogP contribution in [0, 0.1) is 5.82 Å². The van der Waals surface area contributed by atoms with Crippen molar-refractivity contribution in [2.24, 2.45) is 0 Å². The molecular formula is C11H11FN2O3S. The van der Waals surface area contributed by atoms with Gasteiger partial charge in [0, 0.05) is 0 Å². The molecule has 0 atom stereocenters. The van der Waals surface area contributed by atoms with Crippen LogP contribution in [0.15, 0.2) is 45.9 Å². The molecule has 1 aromatic heterocycles. The molecule has 18 heavy (non-hydrogen) atoms. The minimum Gasteiger partial charge on any atom is -0.468 e. The van der Waals surface area contributed by atoms with Crippen LogP contribution in [0.25, 0.3) is 0 Å². The first-order chi connectivity index (χ1) is 8.49. The molecule has 2 aromatic rings. The molecule has 0 saturated carbocycles. The van der Waals surface area contributed by atoms with Gasteiger partial charge in [0.2, 0.25) is 10.0 Å². The first-order valence-electron chi connectivity index (χ1n) is 5.06. The molecule has 3 N–H and O–H groups in total. The van der Waals surface area contributed by atoms with Crippen LogP contribution in [0.4, 0.5) is 10.1 Å². The summed E-state index contributed by atoms with van der Waals surface area (Å²) in [6.07, 6.45) is 1.44. The maximum atomic E-state index is 13.2. The van der Waals surface area contributed by atoms with E-state index in [0.29, 0.717) is 5.76 Å². The summed E-state index contributed by atoms with van der Waals surface area (Å²) < 4.78 is 44.1. The summed E-state index contributed by atoms with van der Waals surface area (Å²) in [7, 11) is -3.78. The van der Waals surface area contributed by atoms with Gasteiger partial charge in [-0.15, -0.1) is 0 Å². The van der Waals surface area contributed by atoms with Gasteiger partial charge < -0.3 is 10.2 Å². The van der Waals surface area contributed by atoms with Gasteiger partial charge in [-0.25, -0.2) is 17.5 Å². The summed E-state index contributed by atoms with van der Waals surface area (Å²) in [5.74, 6) is -0.301. The molecule has 0 aliphatic rings. The fourth-order valence-corrected chi connectivity index (χ4v) is 2.34. The molecule has 0 bridgehead atoms. The van der Waals surface area contributed by atoms with Crippen molar-refractivity contribution < 1.29 is 17.2 Å². The Morgan fingerprint density at radius 2 is 2.11 bits per heavy atom. The van der Waals surface area contributed by atoms with Crippen molar-refractivity contribution in [1.29, 1.82) is 0 Å². The standard InChI is InChI=1S/C11H11FN2O3S/c12-10-6-9(3-4-11(10)13)18(15,16)14-7-8-2-1-5-17-8/h1-6,14H,7,13H2. The number of rotatable bonds is 4. The smallest absolute Gasteiger partial charge is 0.241 e. The van der Waals surface area contributed by atoms with Crippen molar-refractivity contribution in [3.8, 4) is 0 Å². The maximum Gasteiger partial charge on any atom is 0.241 e. The predicted octanol–water partition coefficient (Wildman–Crippen LogP) is 1.48. The Hall–Kier alpha value is -1.86. The fourth-order valence-electron chi connectivity index (χ4n) is 1.34. The zero-order chi connectivity index (χ0) is 13.2. The molecule has 1 heterocycles. The van der Waals surface area contributed by atoms with Crippen LogP contribution in [-0.2, 0) is 16.6 Å². The van der Waals surface area contributed by atoms with Gasteiger partial charge in [-0.3, -0.25) is 0 Å². The van der Waals surface area contributed by atoms with Crippen LogP contribution in [0.5, 0.6) is 0 Å². The van der Waals surface area contributed by atoms with Crippen LogP contribution in [0.3, 0.4) is 0 Å². The lowest BCUT2D eigenvalue weighted by atomic mass is 10.3. The zero-order valence-electron chi connectivity index (χ0n) is 9.26. The van der Waals surface area contributed by atoms with Gasteiger partial charge in [-0.05, 0) is 30.3 Å². The second kappa shape index (κ2) is 4.79. The zero-order valence-corrected chi connectivity index (χ0v) is 10.1. The number of halogens is 1. The van der Waals surface area contributed by atoms with E-state index >= 15 is 0 Å². The van der Waals surface area contributed by atoms with E-state index in [4.69, 9.17) is 10.2 Å². The molecular weight excluding hydrogens is 259 g/mol. The van der Waals surface area contributed by atoms with Gasteiger partial charge in [0.1, 0.15) is 11.6 Å². The molecule has 0 aliphatic carbocycles. The van der Waals surface area contributed by atoms with Crippen LogP contribution in [0.2, 0.25) is 0 Å². The first kappa shape index (κ1) is 12.6. The first-order valence-corrected chi connectivity index (χ1v) is 6.54. The summed E-state index contributed by atoms with van der Waals surface area (Å²) in [4.78, 5) is -0.180. The van der Waals surface area contributed by atoms with Crippen molar-refractivity contribution in [2.75, 3.05) is 5.73 Å². The summed E-state index contributed by atoms with van der Waals surface area (Å²) in [5.41, 5.74) is 5.18. The second-order valence-corrected chi connectivity index (χ2v) is 5.35. The summed E-state index contributed by atoms with van der Waals surface area (Å²) in [6.45, 7) is 0.00132. The molecule has 0 amide bonds. The van der Waals surface area contributed by atoms with Crippen LogP contribution in [-0.4, -0.2) is 8.42 Å². The minimum absolute atomic E-state index is 0.00132. The lowest BCUT2D eigenvalue weighted by molar-refractivity contribution is 0.498. The molecule has 1 aromatic carbocycles. The topological polar surface area (TPSA) is 85.3 Å². The molecule has 0 unspecified atom stereocenters. The normalized spacial score (nSPS) is 11.6. The van der Waals surface area contributed by atoms with Gasteiger partial charge in [0.25, 0.3) is 0 Å². The van der Waals surface area contributed by atoms with Gasteiger partial charge >= 0.3 is 0 Å². The number of hydrogen-bond donors (Lipinski definition) is 2. The number of sulfonamides is 1. The van der Waals surface area contributed by atoms with Crippen molar-refractivity contribution in [2.45, 2.75) is 11.4 Å². The maximum absolute atomic E-state index is 13.2. The van der Waals surface area contributed by atoms with Crippen LogP contribution < -0.4 is 10.5 Å². The average molecular weight is 270 g/mol. The van der Waals surface area contributed by atoms with E-state index in [0.717, 1.165) is 6.07 Å². The Morgan fingerprint density at radius 1 is 1.33 bits per heavy atom. The number of nitrogens with two attached hydrogens (primary N) is 1. The number of benzene rings is 1. The molecule has 0 aliphatic heterocycles. The lowest BCUT2D eigenvalue weighted by Gasteiger charge is -2.06. The fraction of sp³-hybridized carbons (Fsp3) is 0.0909. The van der Waals surface area contributed by atoms with Gasteiger partial charge in [0.15, 0.2) is 0 Å². The Labute approximate surface area is 103 Å². The van der Waals surface area contributed by atoms with E-state index in [1.165, 1.54) is 18.4 Å². The molecule has 0 radical (unpaired) electrons. The number of nitrogens with one attached hydrogen (secondary N) is 1. The van der Waals surface area contributed by atoms with E-state index in [9.17, 15) is 12.8 Å². The third-order valence-corrected chi connectivity index (χ3v) is 3.70. The Balaban J connectivity index is 2.17. The van der Waals surface area contributed by atoms with E-state index in [2.05, 4.69) is 4.72 Å². The van der Waals surface area contributed by atoms with Crippen molar-refractivity contribution in [3.63, 3.8) is 0 Å². The Morgan fingerprint density at radius 3 is 2.72 bits per heavy atom. The third kappa shape index (κ3) is 2.69. The minimum atomic E-state index is -3.78. The second-order valence-electron chi connectivity index (χ2n) is 3.59. The SMILES string of the molecule is Nc1ccc(S(=O)(=O)NCc2ccco2)cc1F. The highest BCUT2D eigenvalue weighted by atomic mass is 32.2. The molecule has 96 valence electrons. The molecule has 0 spiro atoms. The van der Waals surface area contributed by atoms with E-state index in [1.807, 2.05) is 0 Å². The molecule has 0 saturated heterocycles. The number of nitrogen functional groups attached to an aromatic ring is 1. The van der Waals surface area contributed by atoms with Crippen molar-refractivity contribution >= 4 is 15.7 Å². The summed E-state index contributed by atoms with van der Waals surface area (Å²) in [6, 6.07) is 6.60. The highest BCUT2D eigenvalue weighted by Crippen LogP contribution is 2.16. The molecule has 7 heteroatoms. The van der Waals surface area contributed by atoms with Crippen molar-refractivity contribution in [3.05, 3.63) is 48.2 Å². The Bertz CT molecular complexity index is 638. The largest absolute Gasteiger partial charge is 0.468 e. The number of furan rings is 1. The van der Waals surface area contributed by atoms with E-state index in [1.54, 1.807) is 12.1 Å². The summed E-state index contributed by atoms with van der Waals surface area (Å²) in [5, 5.41) is 0.